The Kier molecular flexibility index (Phi) is 4.28. The Morgan fingerprint density at radius 1 is 1.25 bits per heavy atom. The van der Waals surface area contributed by atoms with Gasteiger partial charge in [0.05, 0.1) is 5.92 Å². The summed E-state index contributed by atoms with van der Waals surface area (Å²) in [6.45, 7) is 0.590. The maximum atomic E-state index is 13.8. The summed E-state index contributed by atoms with van der Waals surface area (Å²) >= 11 is 0. The molecule has 3 rings (SSSR count). The molecule has 1 aromatic carbocycles. The summed E-state index contributed by atoms with van der Waals surface area (Å²) in [5, 5.41) is 13.1. The SMILES string of the molecule is O=C(O)C1CCCN(C(=O)c2ccn(-c3ccc(F)cc3F)n2)C1. The molecule has 8 heteroatoms. The van der Waals surface area contributed by atoms with Gasteiger partial charge in [-0.3, -0.25) is 9.59 Å². The van der Waals surface area contributed by atoms with Gasteiger partial charge in [0.15, 0.2) is 11.5 Å². The molecule has 0 radical (unpaired) electrons. The van der Waals surface area contributed by atoms with E-state index in [1.165, 1.54) is 23.2 Å². The van der Waals surface area contributed by atoms with Gasteiger partial charge in [-0.15, -0.1) is 0 Å². The highest BCUT2D eigenvalue weighted by Gasteiger charge is 2.29. The van der Waals surface area contributed by atoms with Crippen molar-refractivity contribution in [3.8, 4) is 5.69 Å². The molecule has 1 N–H and O–H groups in total. The second-order valence-corrected chi connectivity index (χ2v) is 5.67. The van der Waals surface area contributed by atoms with Gasteiger partial charge in [-0.25, -0.2) is 13.5 Å². The Labute approximate surface area is 136 Å². The summed E-state index contributed by atoms with van der Waals surface area (Å²) in [6, 6.07) is 4.49. The van der Waals surface area contributed by atoms with E-state index < -0.39 is 29.4 Å². The smallest absolute Gasteiger partial charge is 0.308 e. The summed E-state index contributed by atoms with van der Waals surface area (Å²) < 4.78 is 27.9. The van der Waals surface area contributed by atoms with E-state index in [1.807, 2.05) is 0 Å². The molecule has 2 heterocycles. The number of aliphatic carboxylic acids is 1. The van der Waals surface area contributed by atoms with Gasteiger partial charge in [-0.2, -0.15) is 5.10 Å². The molecular formula is C16H15F2N3O3. The molecule has 1 aliphatic rings. The standard InChI is InChI=1S/C16H15F2N3O3/c17-11-3-4-14(12(18)8-11)21-7-5-13(19-21)15(22)20-6-1-2-10(9-20)16(23)24/h3-5,7-8,10H,1-2,6,9H2,(H,23,24). The summed E-state index contributed by atoms with van der Waals surface area (Å²) in [5.41, 5.74) is 0.113. The molecule has 126 valence electrons. The van der Waals surface area contributed by atoms with Gasteiger partial charge in [0.1, 0.15) is 11.5 Å². The largest absolute Gasteiger partial charge is 0.481 e. The topological polar surface area (TPSA) is 75.4 Å². The molecule has 2 aromatic rings. The predicted octanol–water partition coefficient (Wildman–Crippen LogP) is 2.09. The monoisotopic (exact) mass is 335 g/mol. The quantitative estimate of drug-likeness (QED) is 0.932. The number of aromatic nitrogens is 2. The van der Waals surface area contributed by atoms with Crippen LogP contribution in [0.2, 0.25) is 0 Å². The lowest BCUT2D eigenvalue weighted by molar-refractivity contribution is -0.143. The normalized spacial score (nSPS) is 17.8. The minimum atomic E-state index is -0.925. The zero-order valence-electron chi connectivity index (χ0n) is 12.7. The molecule has 1 amide bonds. The van der Waals surface area contributed by atoms with Crippen LogP contribution in [-0.4, -0.2) is 44.8 Å². The first kappa shape index (κ1) is 16.1. The van der Waals surface area contributed by atoms with Crippen molar-refractivity contribution >= 4 is 11.9 Å². The molecular weight excluding hydrogens is 320 g/mol. The van der Waals surface area contributed by atoms with Gasteiger partial charge in [0.25, 0.3) is 5.91 Å². The van der Waals surface area contributed by atoms with E-state index in [2.05, 4.69) is 5.10 Å². The predicted molar refractivity (Wildman–Crippen MR) is 79.7 cm³/mol. The number of hydrogen-bond acceptors (Lipinski definition) is 3. The molecule has 1 fully saturated rings. The lowest BCUT2D eigenvalue weighted by Crippen LogP contribution is -2.42. The van der Waals surface area contributed by atoms with Crippen LogP contribution in [-0.2, 0) is 4.79 Å². The molecule has 24 heavy (non-hydrogen) atoms. The first-order valence-electron chi connectivity index (χ1n) is 7.49. The third-order valence-electron chi connectivity index (χ3n) is 4.02. The van der Waals surface area contributed by atoms with Gasteiger partial charge in [-0.1, -0.05) is 0 Å². The second kappa shape index (κ2) is 6.38. The van der Waals surface area contributed by atoms with E-state index in [1.54, 1.807) is 0 Å². The fraction of sp³-hybridized carbons (Fsp3) is 0.312. The van der Waals surface area contributed by atoms with Crippen LogP contribution in [0.5, 0.6) is 0 Å². The molecule has 1 saturated heterocycles. The average Bonchev–Trinajstić information content (AvgIpc) is 3.04. The molecule has 0 saturated carbocycles. The number of carbonyl (C=O) groups is 2. The summed E-state index contributed by atoms with van der Waals surface area (Å²) in [6.07, 6.45) is 2.55. The van der Waals surface area contributed by atoms with E-state index in [9.17, 15) is 18.4 Å². The van der Waals surface area contributed by atoms with Crippen molar-refractivity contribution < 1.29 is 23.5 Å². The zero-order chi connectivity index (χ0) is 17.3. The van der Waals surface area contributed by atoms with E-state index >= 15 is 0 Å². The highest BCUT2D eigenvalue weighted by molar-refractivity contribution is 5.92. The van der Waals surface area contributed by atoms with E-state index in [0.717, 1.165) is 16.8 Å². The van der Waals surface area contributed by atoms with Gasteiger partial charge < -0.3 is 10.0 Å². The minimum absolute atomic E-state index is 0.0255. The molecule has 0 bridgehead atoms. The Morgan fingerprint density at radius 3 is 2.75 bits per heavy atom. The van der Waals surface area contributed by atoms with Crippen molar-refractivity contribution in [2.24, 2.45) is 5.92 Å². The van der Waals surface area contributed by atoms with E-state index in [4.69, 9.17) is 5.11 Å². The van der Waals surface area contributed by atoms with Crippen LogP contribution in [0.3, 0.4) is 0 Å². The van der Waals surface area contributed by atoms with Gasteiger partial charge >= 0.3 is 5.97 Å². The summed E-state index contributed by atoms with van der Waals surface area (Å²) in [4.78, 5) is 25.0. The van der Waals surface area contributed by atoms with Crippen molar-refractivity contribution in [2.45, 2.75) is 12.8 Å². The number of nitrogens with zero attached hydrogens (tertiary/aromatic N) is 3. The first-order valence-corrected chi connectivity index (χ1v) is 7.49. The average molecular weight is 335 g/mol. The number of piperidine rings is 1. The molecule has 1 aromatic heterocycles. The molecule has 6 nitrogen and oxygen atoms in total. The van der Waals surface area contributed by atoms with Crippen molar-refractivity contribution in [1.82, 2.24) is 14.7 Å². The Balaban J connectivity index is 1.80. The van der Waals surface area contributed by atoms with Crippen LogP contribution in [0.4, 0.5) is 8.78 Å². The highest BCUT2D eigenvalue weighted by Crippen LogP contribution is 2.19. The summed E-state index contributed by atoms with van der Waals surface area (Å²) in [7, 11) is 0. The number of carboxylic acid groups (broad SMARTS) is 1. The van der Waals surface area contributed by atoms with Crippen LogP contribution >= 0.6 is 0 Å². The number of rotatable bonds is 3. The zero-order valence-corrected chi connectivity index (χ0v) is 12.7. The highest BCUT2D eigenvalue weighted by atomic mass is 19.1. The Hall–Kier alpha value is -2.77. The van der Waals surface area contributed by atoms with Crippen LogP contribution in [0, 0.1) is 17.6 Å². The molecule has 1 atom stereocenters. The molecule has 1 unspecified atom stereocenters. The Morgan fingerprint density at radius 2 is 2.04 bits per heavy atom. The molecule has 1 aliphatic heterocycles. The first-order chi connectivity index (χ1) is 11.5. The lowest BCUT2D eigenvalue weighted by Gasteiger charge is -2.30. The van der Waals surface area contributed by atoms with E-state index in [-0.39, 0.29) is 17.9 Å². The number of benzene rings is 1. The number of likely N-dealkylation sites (tertiary alicyclic amines) is 1. The van der Waals surface area contributed by atoms with Crippen molar-refractivity contribution in [3.05, 3.63) is 47.8 Å². The van der Waals surface area contributed by atoms with E-state index in [0.29, 0.717) is 19.4 Å². The van der Waals surface area contributed by atoms with Crippen LogP contribution in [0.25, 0.3) is 5.69 Å². The number of halogens is 2. The number of carbonyl (C=O) groups excluding carboxylic acids is 1. The van der Waals surface area contributed by atoms with Crippen molar-refractivity contribution in [2.75, 3.05) is 13.1 Å². The van der Waals surface area contributed by atoms with Crippen LogP contribution in [0.15, 0.2) is 30.5 Å². The van der Waals surface area contributed by atoms with Crippen LogP contribution in [0.1, 0.15) is 23.3 Å². The number of carboxylic acids is 1. The van der Waals surface area contributed by atoms with Crippen LogP contribution < -0.4 is 0 Å². The van der Waals surface area contributed by atoms with Gasteiger partial charge in [0, 0.05) is 25.4 Å². The number of hydrogen-bond donors (Lipinski definition) is 1. The third kappa shape index (κ3) is 3.12. The van der Waals surface area contributed by atoms with Crippen molar-refractivity contribution in [1.29, 1.82) is 0 Å². The number of amides is 1. The Bertz CT molecular complexity index is 791. The second-order valence-electron chi connectivity index (χ2n) is 5.67. The van der Waals surface area contributed by atoms with Crippen molar-refractivity contribution in [3.63, 3.8) is 0 Å². The maximum absolute atomic E-state index is 13.8. The molecule has 0 aliphatic carbocycles. The molecule has 0 spiro atoms. The fourth-order valence-electron chi connectivity index (χ4n) is 2.76. The minimum Gasteiger partial charge on any atom is -0.481 e. The lowest BCUT2D eigenvalue weighted by atomic mass is 9.98. The summed E-state index contributed by atoms with van der Waals surface area (Å²) in [5.74, 6) is -3.40. The van der Waals surface area contributed by atoms with Gasteiger partial charge in [-0.05, 0) is 31.0 Å². The third-order valence-corrected chi connectivity index (χ3v) is 4.02. The fourth-order valence-corrected chi connectivity index (χ4v) is 2.76. The maximum Gasteiger partial charge on any atom is 0.308 e. The van der Waals surface area contributed by atoms with Gasteiger partial charge in [0.2, 0.25) is 0 Å².